The first-order valence-corrected chi connectivity index (χ1v) is 7.29. The molecule has 108 valence electrons. The summed E-state index contributed by atoms with van der Waals surface area (Å²) in [5.41, 5.74) is 3.75. The highest BCUT2D eigenvalue weighted by atomic mass is 16.5. The van der Waals surface area contributed by atoms with E-state index in [-0.39, 0.29) is 18.6 Å². The Labute approximate surface area is 124 Å². The van der Waals surface area contributed by atoms with Crippen LogP contribution >= 0.6 is 0 Å². The topological polar surface area (TPSA) is 38.3 Å². The highest BCUT2D eigenvalue weighted by Gasteiger charge is 2.23. The summed E-state index contributed by atoms with van der Waals surface area (Å²) in [7, 11) is 0. The van der Waals surface area contributed by atoms with Crippen molar-refractivity contribution in [3.8, 4) is 5.75 Å². The maximum Gasteiger partial charge on any atom is 0.258 e. The summed E-state index contributed by atoms with van der Waals surface area (Å²) < 4.78 is 5.51. The zero-order valence-electron chi connectivity index (χ0n) is 12.1. The number of fused-ring (bicyclic) bond motifs is 1. The van der Waals surface area contributed by atoms with Crippen LogP contribution in [0.5, 0.6) is 5.75 Å². The van der Waals surface area contributed by atoms with Crippen molar-refractivity contribution in [1.29, 1.82) is 0 Å². The smallest absolute Gasteiger partial charge is 0.258 e. The summed E-state index contributed by atoms with van der Waals surface area (Å²) >= 11 is 0. The third-order valence-electron chi connectivity index (χ3n) is 3.86. The second-order valence-electron chi connectivity index (χ2n) is 5.46. The van der Waals surface area contributed by atoms with E-state index in [1.807, 2.05) is 43.3 Å². The maximum absolute atomic E-state index is 12.0. The second kappa shape index (κ2) is 6.00. The number of rotatable bonds is 4. The van der Waals surface area contributed by atoms with Gasteiger partial charge in [0, 0.05) is 0 Å². The molecule has 1 aliphatic rings. The van der Waals surface area contributed by atoms with Crippen LogP contribution in [0.3, 0.4) is 0 Å². The predicted octanol–water partition coefficient (Wildman–Crippen LogP) is 3.18. The molecule has 3 nitrogen and oxygen atoms in total. The van der Waals surface area contributed by atoms with Gasteiger partial charge in [0.2, 0.25) is 0 Å². The zero-order chi connectivity index (χ0) is 14.7. The van der Waals surface area contributed by atoms with Crippen LogP contribution in [0, 0.1) is 6.92 Å². The summed E-state index contributed by atoms with van der Waals surface area (Å²) in [4.78, 5) is 12.0. The normalized spacial score (nSPS) is 16.3. The Morgan fingerprint density at radius 2 is 1.95 bits per heavy atom. The van der Waals surface area contributed by atoms with E-state index in [4.69, 9.17) is 4.74 Å². The van der Waals surface area contributed by atoms with Crippen LogP contribution in [-0.4, -0.2) is 12.5 Å². The molecule has 1 aliphatic carbocycles. The lowest BCUT2D eigenvalue weighted by atomic mass is 10.1. The largest absolute Gasteiger partial charge is 0.484 e. The number of nitrogens with one attached hydrogen (secondary N) is 1. The Balaban J connectivity index is 1.54. The molecule has 0 radical (unpaired) electrons. The molecule has 21 heavy (non-hydrogen) atoms. The molecule has 0 saturated heterocycles. The van der Waals surface area contributed by atoms with Gasteiger partial charge in [0.15, 0.2) is 6.61 Å². The average molecular weight is 281 g/mol. The number of aryl methyl sites for hydroxylation is 2. The summed E-state index contributed by atoms with van der Waals surface area (Å²) in [6, 6.07) is 16.1. The van der Waals surface area contributed by atoms with Crippen molar-refractivity contribution in [1.82, 2.24) is 5.32 Å². The van der Waals surface area contributed by atoms with Gasteiger partial charge in [0.25, 0.3) is 5.91 Å². The van der Waals surface area contributed by atoms with Crippen molar-refractivity contribution in [3.05, 3.63) is 65.2 Å². The van der Waals surface area contributed by atoms with Crippen molar-refractivity contribution in [3.63, 3.8) is 0 Å². The van der Waals surface area contributed by atoms with Gasteiger partial charge >= 0.3 is 0 Å². The van der Waals surface area contributed by atoms with E-state index in [0.717, 1.165) is 18.6 Å². The highest BCUT2D eigenvalue weighted by Crippen LogP contribution is 2.30. The van der Waals surface area contributed by atoms with E-state index in [1.165, 1.54) is 16.7 Å². The monoisotopic (exact) mass is 281 g/mol. The number of amides is 1. The number of hydrogen-bond acceptors (Lipinski definition) is 2. The lowest BCUT2D eigenvalue weighted by molar-refractivity contribution is -0.123. The number of ether oxygens (including phenoxy) is 1. The summed E-state index contributed by atoms with van der Waals surface area (Å²) in [6.45, 7) is 2.08. The van der Waals surface area contributed by atoms with E-state index >= 15 is 0 Å². The summed E-state index contributed by atoms with van der Waals surface area (Å²) in [5, 5.41) is 3.05. The Hall–Kier alpha value is -2.29. The molecule has 0 bridgehead atoms. The molecule has 2 aromatic carbocycles. The first-order chi connectivity index (χ1) is 10.2. The van der Waals surface area contributed by atoms with Crippen LogP contribution in [0.15, 0.2) is 48.5 Å². The molecule has 0 saturated carbocycles. The minimum Gasteiger partial charge on any atom is -0.484 e. The van der Waals surface area contributed by atoms with Crippen LogP contribution in [0.1, 0.15) is 29.2 Å². The number of benzene rings is 2. The fraction of sp³-hybridized carbons (Fsp3) is 0.278. The van der Waals surface area contributed by atoms with Crippen LogP contribution in [0.2, 0.25) is 0 Å². The van der Waals surface area contributed by atoms with Gasteiger partial charge in [0.05, 0.1) is 6.04 Å². The van der Waals surface area contributed by atoms with Crippen LogP contribution in [-0.2, 0) is 11.2 Å². The number of hydrogen-bond donors (Lipinski definition) is 1. The van der Waals surface area contributed by atoms with Crippen molar-refractivity contribution >= 4 is 5.91 Å². The molecule has 0 aliphatic heterocycles. The van der Waals surface area contributed by atoms with Gasteiger partial charge < -0.3 is 10.1 Å². The molecule has 2 aromatic rings. The highest BCUT2D eigenvalue weighted by molar-refractivity contribution is 5.78. The predicted molar refractivity (Wildman–Crippen MR) is 82.3 cm³/mol. The van der Waals surface area contributed by atoms with E-state index in [0.29, 0.717) is 0 Å². The molecule has 0 unspecified atom stereocenters. The average Bonchev–Trinajstić information content (AvgIpc) is 2.90. The maximum atomic E-state index is 12.0. The van der Waals surface area contributed by atoms with E-state index in [9.17, 15) is 4.79 Å². The molecular formula is C18H19NO2. The van der Waals surface area contributed by atoms with Crippen LogP contribution < -0.4 is 10.1 Å². The molecule has 0 fully saturated rings. The molecule has 1 atom stereocenters. The first kappa shape index (κ1) is 13.7. The quantitative estimate of drug-likeness (QED) is 0.934. The zero-order valence-corrected chi connectivity index (χ0v) is 12.1. The fourth-order valence-corrected chi connectivity index (χ4v) is 2.73. The molecular weight excluding hydrogens is 262 g/mol. The number of carbonyl (C=O) groups excluding carboxylic acids is 1. The fourth-order valence-electron chi connectivity index (χ4n) is 2.73. The lowest BCUT2D eigenvalue weighted by Crippen LogP contribution is -2.31. The Kier molecular flexibility index (Phi) is 3.91. The molecule has 3 heteroatoms. The molecule has 1 N–H and O–H groups in total. The van der Waals surface area contributed by atoms with Gasteiger partial charge in [-0.2, -0.15) is 0 Å². The van der Waals surface area contributed by atoms with Crippen LogP contribution in [0.25, 0.3) is 0 Å². The van der Waals surface area contributed by atoms with Crippen molar-refractivity contribution in [2.24, 2.45) is 0 Å². The molecule has 1 amide bonds. The minimum atomic E-state index is -0.0720. The SMILES string of the molecule is Cc1ccc(OCC(=O)N[C@H]2CCc3ccccc32)cc1. The van der Waals surface area contributed by atoms with Crippen molar-refractivity contribution in [2.45, 2.75) is 25.8 Å². The summed E-state index contributed by atoms with van der Waals surface area (Å²) in [6.07, 6.45) is 2.00. The molecule has 0 spiro atoms. The molecule has 0 heterocycles. The molecule has 3 rings (SSSR count). The second-order valence-corrected chi connectivity index (χ2v) is 5.46. The Morgan fingerprint density at radius 1 is 1.19 bits per heavy atom. The van der Waals surface area contributed by atoms with Gasteiger partial charge in [-0.25, -0.2) is 0 Å². The van der Waals surface area contributed by atoms with Gasteiger partial charge in [-0.3, -0.25) is 4.79 Å². The van der Waals surface area contributed by atoms with E-state index < -0.39 is 0 Å². The van der Waals surface area contributed by atoms with Gasteiger partial charge in [-0.05, 0) is 43.0 Å². The lowest BCUT2D eigenvalue weighted by Gasteiger charge is -2.14. The third-order valence-corrected chi connectivity index (χ3v) is 3.86. The van der Waals surface area contributed by atoms with Crippen LogP contribution in [0.4, 0.5) is 0 Å². The Morgan fingerprint density at radius 3 is 2.76 bits per heavy atom. The Bertz CT molecular complexity index is 634. The van der Waals surface area contributed by atoms with E-state index in [2.05, 4.69) is 17.4 Å². The van der Waals surface area contributed by atoms with Gasteiger partial charge in [0.1, 0.15) is 5.75 Å². The molecule has 0 aromatic heterocycles. The first-order valence-electron chi connectivity index (χ1n) is 7.29. The van der Waals surface area contributed by atoms with Gasteiger partial charge in [-0.15, -0.1) is 0 Å². The van der Waals surface area contributed by atoms with Crippen molar-refractivity contribution in [2.75, 3.05) is 6.61 Å². The minimum absolute atomic E-state index is 0.0573. The van der Waals surface area contributed by atoms with Gasteiger partial charge in [-0.1, -0.05) is 42.0 Å². The standard InChI is InChI=1S/C18H19NO2/c1-13-6-9-15(10-7-13)21-12-18(20)19-17-11-8-14-4-2-3-5-16(14)17/h2-7,9-10,17H,8,11-12H2,1H3,(H,19,20)/t17-/m0/s1. The van der Waals surface area contributed by atoms with Crippen molar-refractivity contribution < 1.29 is 9.53 Å². The third kappa shape index (κ3) is 3.24. The summed E-state index contributed by atoms with van der Waals surface area (Å²) in [5.74, 6) is 0.653. The number of carbonyl (C=O) groups is 1. The van der Waals surface area contributed by atoms with E-state index in [1.54, 1.807) is 0 Å².